The highest BCUT2D eigenvalue weighted by Crippen LogP contribution is 2.23. The highest BCUT2D eigenvalue weighted by Gasteiger charge is 2.38. The summed E-state index contributed by atoms with van der Waals surface area (Å²) in [4.78, 5) is 27.3. The van der Waals surface area contributed by atoms with Crippen molar-refractivity contribution in [2.45, 2.75) is 12.6 Å². The summed E-state index contributed by atoms with van der Waals surface area (Å²) in [5.41, 5.74) is 1.80. The number of alkyl halides is 3. The molecular formula is C23H24F4N4O3S. The van der Waals surface area contributed by atoms with Gasteiger partial charge < -0.3 is 10.0 Å². The zero-order valence-electron chi connectivity index (χ0n) is 18.8. The number of carboxylic acid groups (broad SMARTS) is 1. The quantitative estimate of drug-likeness (QED) is 0.525. The van der Waals surface area contributed by atoms with Crippen molar-refractivity contribution in [3.8, 4) is 11.1 Å². The van der Waals surface area contributed by atoms with Crippen molar-refractivity contribution >= 4 is 23.2 Å². The van der Waals surface area contributed by atoms with Crippen molar-refractivity contribution in [3.05, 3.63) is 64.4 Å². The lowest BCUT2D eigenvalue weighted by atomic mass is 10.0. The number of benzene rings is 1. The van der Waals surface area contributed by atoms with Crippen LogP contribution in [0.25, 0.3) is 11.1 Å². The van der Waals surface area contributed by atoms with Gasteiger partial charge in [0.25, 0.3) is 5.91 Å². The van der Waals surface area contributed by atoms with Crippen LogP contribution in [0.1, 0.15) is 15.2 Å². The number of aryl methyl sites for hydroxylation is 1. The van der Waals surface area contributed by atoms with Gasteiger partial charge in [0.05, 0.1) is 11.8 Å². The van der Waals surface area contributed by atoms with E-state index in [9.17, 15) is 22.4 Å². The zero-order valence-corrected chi connectivity index (χ0v) is 19.7. The highest BCUT2D eigenvalue weighted by atomic mass is 32.1. The minimum atomic E-state index is -5.08. The highest BCUT2D eigenvalue weighted by molar-refractivity contribution is 7.09. The Morgan fingerprint density at radius 3 is 2.34 bits per heavy atom. The lowest BCUT2D eigenvalue weighted by Gasteiger charge is -2.34. The van der Waals surface area contributed by atoms with Crippen molar-refractivity contribution in [2.24, 2.45) is 7.05 Å². The summed E-state index contributed by atoms with van der Waals surface area (Å²) in [7, 11) is 1.83. The first kappa shape index (κ1) is 26.4. The number of aromatic nitrogens is 2. The fraction of sp³-hybridized carbons (Fsp3) is 0.348. The molecular weight excluding hydrogens is 488 g/mol. The molecule has 0 saturated carbocycles. The van der Waals surface area contributed by atoms with Gasteiger partial charge in [0.1, 0.15) is 5.82 Å². The molecule has 1 aliphatic heterocycles. The summed E-state index contributed by atoms with van der Waals surface area (Å²) >= 11 is 1.78. The van der Waals surface area contributed by atoms with Crippen LogP contribution < -0.4 is 0 Å². The summed E-state index contributed by atoms with van der Waals surface area (Å²) in [5, 5.41) is 13.4. The molecule has 0 unspecified atom stereocenters. The number of hydrogen-bond acceptors (Lipinski definition) is 5. The summed E-state index contributed by atoms with van der Waals surface area (Å²) in [6.07, 6.45) is -0.477. The van der Waals surface area contributed by atoms with Gasteiger partial charge in [-0.1, -0.05) is 12.1 Å². The maximum atomic E-state index is 14.4. The Labute approximate surface area is 203 Å². The molecule has 2 aromatic heterocycles. The molecule has 188 valence electrons. The van der Waals surface area contributed by atoms with E-state index in [0.29, 0.717) is 13.1 Å². The number of halogens is 4. The molecule has 0 bridgehead atoms. The monoisotopic (exact) mass is 512 g/mol. The molecule has 1 amide bonds. The first-order valence-electron chi connectivity index (χ1n) is 10.7. The number of amides is 1. The van der Waals surface area contributed by atoms with Crippen LogP contribution >= 0.6 is 11.3 Å². The van der Waals surface area contributed by atoms with E-state index in [1.807, 2.05) is 13.2 Å². The third-order valence-corrected chi connectivity index (χ3v) is 6.33. The molecule has 0 atom stereocenters. The Kier molecular flexibility index (Phi) is 8.62. The number of piperazine rings is 1. The Bertz CT molecular complexity index is 1140. The fourth-order valence-corrected chi connectivity index (χ4v) is 4.21. The van der Waals surface area contributed by atoms with Gasteiger partial charge in [-0.15, -0.1) is 11.3 Å². The molecule has 3 aromatic rings. The van der Waals surface area contributed by atoms with Crippen LogP contribution in [0.3, 0.4) is 0 Å². The standard InChI is InChI=1S/C21H23FN4OS.C2HF3O2/c1-24-15-17(14-23-24)16-4-5-20(22)19(13-16)21(27)26-10-8-25(9-11-26)7-6-18-3-2-12-28-18;3-2(4,5)1(6)7/h2-5,12-15H,6-11H2,1H3;(H,6,7). The Hall–Kier alpha value is -3.25. The third kappa shape index (κ3) is 7.36. The van der Waals surface area contributed by atoms with Crippen molar-refractivity contribution in [3.63, 3.8) is 0 Å². The van der Waals surface area contributed by atoms with Gasteiger partial charge in [-0.2, -0.15) is 18.3 Å². The van der Waals surface area contributed by atoms with Crippen LogP contribution in [-0.4, -0.2) is 75.5 Å². The van der Waals surface area contributed by atoms with Gasteiger partial charge in [0.2, 0.25) is 0 Å². The predicted octanol–water partition coefficient (Wildman–Crippen LogP) is 3.92. The van der Waals surface area contributed by atoms with Crippen LogP contribution in [0.5, 0.6) is 0 Å². The molecule has 7 nitrogen and oxygen atoms in total. The van der Waals surface area contributed by atoms with Gasteiger partial charge in [-0.3, -0.25) is 14.4 Å². The maximum absolute atomic E-state index is 14.4. The normalized spacial score (nSPS) is 14.4. The number of hydrogen-bond donors (Lipinski definition) is 1. The van der Waals surface area contributed by atoms with Gasteiger partial charge in [0, 0.05) is 56.4 Å². The van der Waals surface area contributed by atoms with Gasteiger partial charge >= 0.3 is 12.1 Å². The van der Waals surface area contributed by atoms with E-state index in [1.165, 1.54) is 10.9 Å². The number of carbonyl (C=O) groups excluding carboxylic acids is 1. The van der Waals surface area contributed by atoms with E-state index in [1.54, 1.807) is 39.2 Å². The second kappa shape index (κ2) is 11.5. The summed E-state index contributed by atoms with van der Waals surface area (Å²) in [6.45, 7) is 3.88. The van der Waals surface area contributed by atoms with Crippen molar-refractivity contribution < 1.29 is 32.3 Å². The number of carbonyl (C=O) groups is 2. The molecule has 35 heavy (non-hydrogen) atoms. The van der Waals surface area contributed by atoms with E-state index in [2.05, 4.69) is 27.5 Å². The molecule has 0 aliphatic carbocycles. The minimum absolute atomic E-state index is 0.133. The lowest BCUT2D eigenvalue weighted by Crippen LogP contribution is -2.49. The summed E-state index contributed by atoms with van der Waals surface area (Å²) < 4.78 is 47.8. The number of rotatable bonds is 5. The number of carboxylic acids is 1. The molecule has 4 rings (SSSR count). The average Bonchev–Trinajstić information content (AvgIpc) is 3.49. The topological polar surface area (TPSA) is 78.7 Å². The van der Waals surface area contributed by atoms with Crippen LogP contribution in [0.2, 0.25) is 0 Å². The largest absolute Gasteiger partial charge is 0.490 e. The van der Waals surface area contributed by atoms with Crippen molar-refractivity contribution in [1.29, 1.82) is 0 Å². The summed E-state index contributed by atoms with van der Waals surface area (Å²) in [6, 6.07) is 8.92. The van der Waals surface area contributed by atoms with Gasteiger partial charge in [-0.05, 0) is 35.6 Å². The fourth-order valence-electron chi connectivity index (χ4n) is 3.51. The van der Waals surface area contributed by atoms with Gasteiger partial charge in [-0.25, -0.2) is 9.18 Å². The number of aliphatic carboxylic acids is 1. The van der Waals surface area contributed by atoms with E-state index in [4.69, 9.17) is 9.90 Å². The Morgan fingerprint density at radius 1 is 1.11 bits per heavy atom. The lowest BCUT2D eigenvalue weighted by molar-refractivity contribution is -0.192. The van der Waals surface area contributed by atoms with Crippen LogP contribution in [-0.2, 0) is 18.3 Å². The predicted molar refractivity (Wildman–Crippen MR) is 123 cm³/mol. The molecule has 0 spiro atoms. The van der Waals surface area contributed by atoms with Crippen molar-refractivity contribution in [2.75, 3.05) is 32.7 Å². The Balaban J connectivity index is 0.000000429. The van der Waals surface area contributed by atoms with Crippen LogP contribution in [0.15, 0.2) is 48.1 Å². The maximum Gasteiger partial charge on any atom is 0.490 e. The number of nitrogens with zero attached hydrogens (tertiary/aromatic N) is 4. The molecule has 3 heterocycles. The number of thiophene rings is 1. The molecule has 0 radical (unpaired) electrons. The van der Waals surface area contributed by atoms with E-state index >= 15 is 0 Å². The van der Waals surface area contributed by atoms with Crippen LogP contribution in [0, 0.1) is 5.82 Å². The molecule has 1 saturated heterocycles. The first-order valence-corrected chi connectivity index (χ1v) is 11.5. The average molecular weight is 513 g/mol. The van der Waals surface area contributed by atoms with E-state index < -0.39 is 18.0 Å². The SMILES string of the molecule is Cn1cc(-c2ccc(F)c(C(=O)N3CCN(CCc4cccs4)CC3)c2)cn1.O=C(O)C(F)(F)F. The first-order chi connectivity index (χ1) is 16.5. The zero-order chi connectivity index (χ0) is 25.6. The second-order valence-electron chi connectivity index (χ2n) is 7.86. The van der Waals surface area contributed by atoms with Crippen LogP contribution in [0.4, 0.5) is 17.6 Å². The third-order valence-electron chi connectivity index (χ3n) is 5.39. The van der Waals surface area contributed by atoms with E-state index in [0.717, 1.165) is 37.2 Å². The smallest absolute Gasteiger partial charge is 0.475 e. The molecule has 12 heteroatoms. The van der Waals surface area contributed by atoms with E-state index in [-0.39, 0.29) is 11.5 Å². The second-order valence-corrected chi connectivity index (χ2v) is 8.90. The molecule has 1 fully saturated rings. The minimum Gasteiger partial charge on any atom is -0.475 e. The molecule has 1 aliphatic rings. The molecule has 1 aromatic carbocycles. The Morgan fingerprint density at radius 2 is 1.80 bits per heavy atom. The van der Waals surface area contributed by atoms with Crippen molar-refractivity contribution in [1.82, 2.24) is 19.6 Å². The summed E-state index contributed by atoms with van der Waals surface area (Å²) in [5.74, 6) is -3.47. The molecule has 1 N–H and O–H groups in total. The van der Waals surface area contributed by atoms with Gasteiger partial charge in [0.15, 0.2) is 0 Å².